The van der Waals surface area contributed by atoms with E-state index in [9.17, 15) is 4.79 Å². The Bertz CT molecular complexity index is 364. The van der Waals surface area contributed by atoms with Crippen LogP contribution in [0.3, 0.4) is 0 Å². The minimum absolute atomic E-state index is 0.236. The number of hydrogen-bond donors (Lipinski definition) is 1. The van der Waals surface area contributed by atoms with Crippen molar-refractivity contribution in [3.63, 3.8) is 0 Å². The van der Waals surface area contributed by atoms with Crippen molar-refractivity contribution in [1.82, 2.24) is 4.90 Å². The van der Waals surface area contributed by atoms with E-state index in [0.717, 1.165) is 31.3 Å². The van der Waals surface area contributed by atoms with Crippen LogP contribution in [-0.4, -0.2) is 29.1 Å². The van der Waals surface area contributed by atoms with Crippen molar-refractivity contribution in [2.24, 2.45) is 5.92 Å². The molecule has 2 rings (SSSR count). The lowest BCUT2D eigenvalue weighted by Crippen LogP contribution is -2.32. The molecule has 1 N–H and O–H groups in total. The van der Waals surface area contributed by atoms with E-state index in [4.69, 9.17) is 9.52 Å². The molecule has 0 unspecified atom stereocenters. The van der Waals surface area contributed by atoms with Gasteiger partial charge >= 0.3 is 5.97 Å². The second-order valence-corrected chi connectivity index (χ2v) is 4.57. The van der Waals surface area contributed by atoms with Crippen LogP contribution in [0.25, 0.3) is 0 Å². The largest absolute Gasteiger partial charge is 0.478 e. The molecule has 0 radical (unpaired) electrons. The van der Waals surface area contributed by atoms with E-state index < -0.39 is 5.97 Å². The Kier molecular flexibility index (Phi) is 3.29. The average molecular weight is 223 g/mol. The summed E-state index contributed by atoms with van der Waals surface area (Å²) in [5, 5.41) is 8.77. The molecular weight excluding hydrogens is 206 g/mol. The second-order valence-electron chi connectivity index (χ2n) is 4.57. The van der Waals surface area contributed by atoms with E-state index in [1.54, 1.807) is 6.07 Å². The molecule has 0 amide bonds. The summed E-state index contributed by atoms with van der Waals surface area (Å²) in [5.74, 6) is 0.622. The van der Waals surface area contributed by atoms with Gasteiger partial charge in [0.25, 0.3) is 0 Å². The number of carbonyl (C=O) groups is 1. The highest BCUT2D eigenvalue weighted by molar-refractivity contribution is 5.87. The van der Waals surface area contributed by atoms with Crippen molar-refractivity contribution < 1.29 is 14.3 Å². The Balaban J connectivity index is 1.91. The van der Waals surface area contributed by atoms with Crippen LogP contribution < -0.4 is 0 Å². The molecule has 1 aromatic rings. The highest BCUT2D eigenvalue weighted by atomic mass is 16.4. The van der Waals surface area contributed by atoms with Gasteiger partial charge in [-0.15, -0.1) is 0 Å². The van der Waals surface area contributed by atoms with Gasteiger partial charge in [0.15, 0.2) is 0 Å². The molecule has 4 heteroatoms. The van der Waals surface area contributed by atoms with Gasteiger partial charge in [0, 0.05) is 0 Å². The normalized spacial score (nSPS) is 18.8. The van der Waals surface area contributed by atoms with E-state index >= 15 is 0 Å². The Hall–Kier alpha value is -1.29. The summed E-state index contributed by atoms with van der Waals surface area (Å²) in [5.41, 5.74) is 0.236. The molecule has 0 aromatic carbocycles. The smallest absolute Gasteiger partial charge is 0.338 e. The van der Waals surface area contributed by atoms with E-state index in [-0.39, 0.29) is 5.56 Å². The predicted octanol–water partition coefficient (Wildman–Crippen LogP) is 2.21. The lowest BCUT2D eigenvalue weighted by atomic mass is 9.99. The lowest BCUT2D eigenvalue weighted by molar-refractivity contribution is 0.0696. The standard InChI is InChI=1S/C12H17NO3/c1-9-2-4-13(5-3-9)7-11-6-10(8-16-11)12(14)15/h6,8-9H,2-5,7H2,1H3,(H,14,15). The van der Waals surface area contributed by atoms with Gasteiger partial charge in [-0.1, -0.05) is 6.92 Å². The molecule has 2 heterocycles. The van der Waals surface area contributed by atoms with Crippen molar-refractivity contribution in [1.29, 1.82) is 0 Å². The quantitative estimate of drug-likeness (QED) is 0.853. The fourth-order valence-electron chi connectivity index (χ4n) is 2.02. The first-order valence-electron chi connectivity index (χ1n) is 5.68. The van der Waals surface area contributed by atoms with E-state index in [0.29, 0.717) is 0 Å². The van der Waals surface area contributed by atoms with Gasteiger partial charge in [-0.3, -0.25) is 4.90 Å². The number of furan rings is 1. The second kappa shape index (κ2) is 4.70. The number of piperidine rings is 1. The summed E-state index contributed by atoms with van der Waals surface area (Å²) in [4.78, 5) is 13.0. The Morgan fingerprint density at radius 2 is 2.25 bits per heavy atom. The highest BCUT2D eigenvalue weighted by Gasteiger charge is 2.17. The van der Waals surface area contributed by atoms with E-state index in [1.165, 1.54) is 19.1 Å². The number of rotatable bonds is 3. The molecule has 1 aliphatic rings. The van der Waals surface area contributed by atoms with Crippen LogP contribution in [-0.2, 0) is 6.54 Å². The molecule has 4 nitrogen and oxygen atoms in total. The maximum atomic E-state index is 10.7. The summed E-state index contributed by atoms with van der Waals surface area (Å²) in [6.45, 7) is 5.14. The topological polar surface area (TPSA) is 53.7 Å². The predicted molar refractivity (Wildman–Crippen MR) is 59.3 cm³/mol. The molecule has 0 atom stereocenters. The van der Waals surface area contributed by atoms with Crippen LogP contribution in [0.5, 0.6) is 0 Å². The summed E-state index contributed by atoms with van der Waals surface area (Å²) in [6, 6.07) is 1.61. The van der Waals surface area contributed by atoms with Crippen LogP contribution in [0.15, 0.2) is 16.7 Å². The van der Waals surface area contributed by atoms with Crippen molar-refractivity contribution in [2.45, 2.75) is 26.3 Å². The SMILES string of the molecule is CC1CCN(Cc2cc(C(=O)O)co2)CC1. The van der Waals surface area contributed by atoms with Gasteiger partial charge in [0.05, 0.1) is 12.1 Å². The summed E-state index contributed by atoms with van der Waals surface area (Å²) in [6.07, 6.45) is 3.74. The first kappa shape index (κ1) is 11.2. The third-order valence-electron chi connectivity index (χ3n) is 3.16. The number of aromatic carboxylic acids is 1. The first-order valence-corrected chi connectivity index (χ1v) is 5.68. The van der Waals surface area contributed by atoms with Crippen LogP contribution in [0.2, 0.25) is 0 Å². The Labute approximate surface area is 94.9 Å². The summed E-state index contributed by atoms with van der Waals surface area (Å²) >= 11 is 0. The molecule has 1 aromatic heterocycles. The molecule has 0 spiro atoms. The first-order chi connectivity index (χ1) is 7.65. The van der Waals surface area contributed by atoms with Crippen LogP contribution in [0, 0.1) is 5.92 Å². The molecular formula is C12H17NO3. The van der Waals surface area contributed by atoms with Gasteiger partial charge in [-0.25, -0.2) is 4.79 Å². The fourth-order valence-corrected chi connectivity index (χ4v) is 2.02. The number of hydrogen-bond acceptors (Lipinski definition) is 3. The minimum Gasteiger partial charge on any atom is -0.478 e. The van der Waals surface area contributed by atoms with E-state index in [1.807, 2.05) is 0 Å². The van der Waals surface area contributed by atoms with Crippen molar-refractivity contribution in [3.8, 4) is 0 Å². The van der Waals surface area contributed by atoms with Crippen molar-refractivity contribution >= 4 is 5.97 Å². The van der Waals surface area contributed by atoms with Gasteiger partial charge < -0.3 is 9.52 Å². The number of nitrogens with zero attached hydrogens (tertiary/aromatic N) is 1. The minimum atomic E-state index is -0.928. The number of carboxylic acid groups (broad SMARTS) is 1. The zero-order valence-electron chi connectivity index (χ0n) is 9.48. The van der Waals surface area contributed by atoms with Gasteiger partial charge in [0.2, 0.25) is 0 Å². The zero-order valence-corrected chi connectivity index (χ0v) is 9.48. The van der Waals surface area contributed by atoms with Crippen LogP contribution in [0.4, 0.5) is 0 Å². The molecule has 16 heavy (non-hydrogen) atoms. The van der Waals surface area contributed by atoms with Crippen molar-refractivity contribution in [2.75, 3.05) is 13.1 Å². The molecule has 0 aliphatic carbocycles. The highest BCUT2D eigenvalue weighted by Crippen LogP contribution is 2.19. The average Bonchev–Trinajstić information content (AvgIpc) is 2.70. The molecule has 88 valence electrons. The molecule has 1 aliphatic heterocycles. The maximum Gasteiger partial charge on any atom is 0.338 e. The van der Waals surface area contributed by atoms with Gasteiger partial charge in [-0.05, 0) is 37.9 Å². The monoisotopic (exact) mass is 223 g/mol. The Morgan fingerprint density at radius 3 is 2.81 bits per heavy atom. The van der Waals surface area contributed by atoms with Crippen LogP contribution in [0.1, 0.15) is 35.9 Å². The zero-order chi connectivity index (χ0) is 11.5. The van der Waals surface area contributed by atoms with E-state index in [2.05, 4.69) is 11.8 Å². The summed E-state index contributed by atoms with van der Waals surface area (Å²) in [7, 11) is 0. The summed E-state index contributed by atoms with van der Waals surface area (Å²) < 4.78 is 5.23. The third kappa shape index (κ3) is 2.64. The van der Waals surface area contributed by atoms with Gasteiger partial charge in [0.1, 0.15) is 12.0 Å². The maximum absolute atomic E-state index is 10.7. The lowest BCUT2D eigenvalue weighted by Gasteiger charge is -2.29. The molecule has 0 saturated carbocycles. The number of carboxylic acids is 1. The van der Waals surface area contributed by atoms with Gasteiger partial charge in [-0.2, -0.15) is 0 Å². The Morgan fingerprint density at radius 1 is 1.56 bits per heavy atom. The molecule has 0 bridgehead atoms. The van der Waals surface area contributed by atoms with Crippen LogP contribution >= 0.6 is 0 Å². The van der Waals surface area contributed by atoms with Crippen molar-refractivity contribution in [3.05, 3.63) is 23.7 Å². The third-order valence-corrected chi connectivity index (χ3v) is 3.16. The molecule has 1 saturated heterocycles. The molecule has 1 fully saturated rings. The number of likely N-dealkylation sites (tertiary alicyclic amines) is 1. The fraction of sp³-hybridized carbons (Fsp3) is 0.583.